The van der Waals surface area contributed by atoms with Crippen LogP contribution >= 0.6 is 0 Å². The molecule has 0 heterocycles. The molecule has 2 N–H and O–H groups in total. The number of amides is 2. The zero-order chi connectivity index (χ0) is 10.3. The first kappa shape index (κ1) is 12.3. The lowest BCUT2D eigenvalue weighted by atomic mass is 9.91. The van der Waals surface area contributed by atoms with Gasteiger partial charge in [0.15, 0.2) is 0 Å². The summed E-state index contributed by atoms with van der Waals surface area (Å²) >= 11 is 0. The first-order valence-electron chi connectivity index (χ1n) is 4.97. The van der Waals surface area contributed by atoms with Gasteiger partial charge in [0.2, 0.25) is 0 Å². The summed E-state index contributed by atoms with van der Waals surface area (Å²) in [4.78, 5) is 10.9. The highest BCUT2D eigenvalue weighted by Crippen LogP contribution is 2.19. The van der Waals surface area contributed by atoms with Gasteiger partial charge >= 0.3 is 6.03 Å². The van der Waals surface area contributed by atoms with Crippen molar-refractivity contribution < 1.29 is 4.79 Å². The number of rotatable bonds is 4. The van der Waals surface area contributed by atoms with Crippen LogP contribution in [0.5, 0.6) is 0 Å². The highest BCUT2D eigenvalue weighted by molar-refractivity contribution is 5.73. The highest BCUT2D eigenvalue weighted by Gasteiger charge is 2.09. The van der Waals surface area contributed by atoms with Crippen molar-refractivity contribution in [3.05, 3.63) is 0 Å². The number of urea groups is 1. The minimum absolute atomic E-state index is 0.0589. The van der Waals surface area contributed by atoms with E-state index in [0.29, 0.717) is 12.0 Å². The van der Waals surface area contributed by atoms with Gasteiger partial charge in [-0.05, 0) is 25.2 Å². The van der Waals surface area contributed by atoms with Crippen LogP contribution < -0.4 is 10.6 Å². The molecule has 3 nitrogen and oxygen atoms in total. The monoisotopic (exact) mass is 186 g/mol. The van der Waals surface area contributed by atoms with Crippen molar-refractivity contribution in [1.29, 1.82) is 0 Å². The average molecular weight is 186 g/mol. The number of nitrogens with one attached hydrogen (secondary N) is 2. The Labute approximate surface area is 81.3 Å². The van der Waals surface area contributed by atoms with Gasteiger partial charge in [0.05, 0.1) is 0 Å². The lowest BCUT2D eigenvalue weighted by Crippen LogP contribution is -2.35. The predicted molar refractivity (Wildman–Crippen MR) is 55.8 cm³/mol. The third-order valence-electron chi connectivity index (χ3n) is 1.73. The molecule has 0 rings (SSSR count). The van der Waals surface area contributed by atoms with E-state index in [2.05, 4.69) is 31.4 Å². The molecular formula is C10H22N2O. The molecule has 0 fully saturated rings. The molecule has 0 radical (unpaired) electrons. The van der Waals surface area contributed by atoms with Gasteiger partial charge in [0.25, 0.3) is 0 Å². The molecule has 0 saturated carbocycles. The van der Waals surface area contributed by atoms with Gasteiger partial charge in [-0.3, -0.25) is 0 Å². The Morgan fingerprint density at radius 3 is 2.31 bits per heavy atom. The van der Waals surface area contributed by atoms with E-state index in [1.54, 1.807) is 0 Å². The van der Waals surface area contributed by atoms with Crippen molar-refractivity contribution in [2.75, 3.05) is 13.1 Å². The molecule has 0 aliphatic rings. The maximum atomic E-state index is 10.9. The van der Waals surface area contributed by atoms with Crippen molar-refractivity contribution in [3.8, 4) is 0 Å². The van der Waals surface area contributed by atoms with Crippen LogP contribution in [-0.2, 0) is 0 Å². The Bertz CT molecular complexity index is 149. The summed E-state index contributed by atoms with van der Waals surface area (Å²) in [7, 11) is 0. The Hall–Kier alpha value is -0.730. The Morgan fingerprint density at radius 1 is 1.23 bits per heavy atom. The fraction of sp³-hybridized carbons (Fsp3) is 0.900. The maximum Gasteiger partial charge on any atom is 0.314 e. The van der Waals surface area contributed by atoms with Crippen LogP contribution in [-0.4, -0.2) is 19.1 Å². The Kier molecular flexibility index (Phi) is 5.51. The molecule has 0 bridgehead atoms. The van der Waals surface area contributed by atoms with Gasteiger partial charge in [0.1, 0.15) is 0 Å². The van der Waals surface area contributed by atoms with Gasteiger partial charge in [0, 0.05) is 13.1 Å². The van der Waals surface area contributed by atoms with E-state index in [0.717, 1.165) is 19.4 Å². The second-order valence-corrected chi connectivity index (χ2v) is 4.45. The lowest BCUT2D eigenvalue weighted by Gasteiger charge is -2.17. The molecule has 0 aromatic rings. The standard InChI is InChI=1S/C10H22N2O/c1-5-11-9(13)12-8-6-7-10(2,3)4/h5-8H2,1-4H3,(H2,11,12,13). The minimum Gasteiger partial charge on any atom is -0.338 e. The second-order valence-electron chi connectivity index (χ2n) is 4.45. The van der Waals surface area contributed by atoms with Crippen molar-refractivity contribution >= 4 is 6.03 Å². The van der Waals surface area contributed by atoms with Crippen LogP contribution in [0.25, 0.3) is 0 Å². The topological polar surface area (TPSA) is 41.1 Å². The van der Waals surface area contributed by atoms with Gasteiger partial charge in [-0.1, -0.05) is 20.8 Å². The molecule has 13 heavy (non-hydrogen) atoms. The van der Waals surface area contributed by atoms with Gasteiger partial charge in [-0.2, -0.15) is 0 Å². The van der Waals surface area contributed by atoms with Crippen LogP contribution in [0.1, 0.15) is 40.5 Å². The largest absolute Gasteiger partial charge is 0.338 e. The normalized spacial score (nSPS) is 11.1. The maximum absolute atomic E-state index is 10.9. The molecule has 0 aliphatic carbocycles. The molecular weight excluding hydrogens is 164 g/mol. The summed E-state index contributed by atoms with van der Waals surface area (Å²) in [6.07, 6.45) is 2.18. The average Bonchev–Trinajstić information content (AvgIpc) is 1.97. The van der Waals surface area contributed by atoms with E-state index in [9.17, 15) is 4.79 Å². The number of carbonyl (C=O) groups excluding carboxylic acids is 1. The Balaban J connectivity index is 3.31. The highest BCUT2D eigenvalue weighted by atomic mass is 16.2. The summed E-state index contributed by atoms with van der Waals surface area (Å²) in [5.41, 5.74) is 0.364. The molecule has 0 unspecified atom stereocenters. The van der Waals surface area contributed by atoms with E-state index < -0.39 is 0 Å². The zero-order valence-electron chi connectivity index (χ0n) is 9.24. The SMILES string of the molecule is CCNC(=O)NCCCC(C)(C)C. The van der Waals surface area contributed by atoms with E-state index >= 15 is 0 Å². The van der Waals surface area contributed by atoms with Gasteiger partial charge < -0.3 is 10.6 Å². The Morgan fingerprint density at radius 2 is 1.85 bits per heavy atom. The molecule has 0 spiro atoms. The lowest BCUT2D eigenvalue weighted by molar-refractivity contribution is 0.240. The van der Waals surface area contributed by atoms with Crippen molar-refractivity contribution in [1.82, 2.24) is 10.6 Å². The molecule has 0 aliphatic heterocycles. The van der Waals surface area contributed by atoms with Crippen molar-refractivity contribution in [2.24, 2.45) is 5.41 Å². The summed E-state index contributed by atoms with van der Waals surface area (Å²) < 4.78 is 0. The number of hydrogen-bond donors (Lipinski definition) is 2. The van der Waals surface area contributed by atoms with Crippen LogP contribution in [0.4, 0.5) is 4.79 Å². The van der Waals surface area contributed by atoms with Crippen LogP contribution in [0.2, 0.25) is 0 Å². The predicted octanol–water partition coefficient (Wildman–Crippen LogP) is 2.13. The van der Waals surface area contributed by atoms with E-state index in [-0.39, 0.29) is 6.03 Å². The van der Waals surface area contributed by atoms with Crippen molar-refractivity contribution in [3.63, 3.8) is 0 Å². The molecule has 0 atom stereocenters. The van der Waals surface area contributed by atoms with Gasteiger partial charge in [-0.25, -0.2) is 4.79 Å². The van der Waals surface area contributed by atoms with Crippen LogP contribution in [0.15, 0.2) is 0 Å². The molecule has 3 heteroatoms. The smallest absolute Gasteiger partial charge is 0.314 e. The quantitative estimate of drug-likeness (QED) is 0.649. The molecule has 78 valence electrons. The van der Waals surface area contributed by atoms with Crippen LogP contribution in [0.3, 0.4) is 0 Å². The second kappa shape index (κ2) is 5.84. The number of carbonyl (C=O) groups is 1. The van der Waals surface area contributed by atoms with E-state index in [1.807, 2.05) is 6.92 Å². The summed E-state index contributed by atoms with van der Waals surface area (Å²) in [5, 5.41) is 5.50. The number of hydrogen-bond acceptors (Lipinski definition) is 1. The van der Waals surface area contributed by atoms with E-state index in [1.165, 1.54) is 0 Å². The molecule has 0 aromatic heterocycles. The first-order chi connectivity index (χ1) is 5.95. The molecule has 0 saturated heterocycles. The third-order valence-corrected chi connectivity index (χ3v) is 1.73. The summed E-state index contributed by atoms with van der Waals surface area (Å²) in [5.74, 6) is 0. The van der Waals surface area contributed by atoms with Crippen molar-refractivity contribution in [2.45, 2.75) is 40.5 Å². The minimum atomic E-state index is -0.0589. The summed E-state index contributed by atoms with van der Waals surface area (Å²) in [6.45, 7) is 9.99. The summed E-state index contributed by atoms with van der Waals surface area (Å²) in [6, 6.07) is -0.0589. The zero-order valence-corrected chi connectivity index (χ0v) is 9.24. The molecule has 2 amide bonds. The van der Waals surface area contributed by atoms with Crippen LogP contribution in [0, 0.1) is 5.41 Å². The fourth-order valence-electron chi connectivity index (χ4n) is 1.04. The van der Waals surface area contributed by atoms with E-state index in [4.69, 9.17) is 0 Å². The third kappa shape index (κ3) is 9.18. The fourth-order valence-corrected chi connectivity index (χ4v) is 1.04. The first-order valence-corrected chi connectivity index (χ1v) is 4.97. The van der Waals surface area contributed by atoms with Gasteiger partial charge in [-0.15, -0.1) is 0 Å². The molecule has 0 aromatic carbocycles.